The second kappa shape index (κ2) is 4.97. The van der Waals surface area contributed by atoms with Crippen LogP contribution in [0.4, 0.5) is 0 Å². The molecule has 1 aromatic carbocycles. The molecule has 90 valence electrons. The summed E-state index contributed by atoms with van der Waals surface area (Å²) in [5, 5.41) is 17.1. The van der Waals surface area contributed by atoms with Gasteiger partial charge < -0.3 is 5.11 Å². The second-order valence-corrected chi connectivity index (χ2v) is 5.74. The fraction of sp³-hybridized carbons (Fsp3) is 0.273. The summed E-state index contributed by atoms with van der Waals surface area (Å²) in [4.78, 5) is 10.4. The lowest BCUT2D eigenvalue weighted by atomic mass is 10.1. The minimum absolute atomic E-state index is 0.323. The number of carbonyl (C=O) groups is 1. The predicted octanol–water partition coefficient (Wildman–Crippen LogP) is 0.866. The Bertz CT molecular complexity index is 584. The molecular formula is C11H11NO4S. The van der Waals surface area contributed by atoms with Gasteiger partial charge in [-0.2, -0.15) is 5.26 Å². The van der Waals surface area contributed by atoms with Gasteiger partial charge in [-0.1, -0.05) is 6.07 Å². The number of benzene rings is 1. The van der Waals surface area contributed by atoms with E-state index in [9.17, 15) is 13.2 Å². The molecule has 0 saturated heterocycles. The SMILES string of the molecule is Cc1cc(C#N)ccc1CS(=O)(=O)CC(=O)O. The fourth-order valence-corrected chi connectivity index (χ4v) is 2.68. The second-order valence-electron chi connectivity index (χ2n) is 3.68. The number of nitriles is 1. The molecule has 0 aliphatic heterocycles. The van der Waals surface area contributed by atoms with Crippen molar-refractivity contribution in [2.45, 2.75) is 12.7 Å². The Morgan fingerprint density at radius 3 is 2.59 bits per heavy atom. The van der Waals surface area contributed by atoms with Crippen LogP contribution in [0.2, 0.25) is 0 Å². The zero-order valence-electron chi connectivity index (χ0n) is 9.17. The Balaban J connectivity index is 2.97. The van der Waals surface area contributed by atoms with Gasteiger partial charge in [-0.3, -0.25) is 4.79 Å². The quantitative estimate of drug-likeness (QED) is 0.858. The zero-order chi connectivity index (χ0) is 13.1. The van der Waals surface area contributed by atoms with Crippen LogP contribution < -0.4 is 0 Å². The molecule has 17 heavy (non-hydrogen) atoms. The van der Waals surface area contributed by atoms with Crippen molar-refractivity contribution < 1.29 is 18.3 Å². The van der Waals surface area contributed by atoms with E-state index in [1.807, 2.05) is 6.07 Å². The van der Waals surface area contributed by atoms with Crippen LogP contribution in [0.3, 0.4) is 0 Å². The Morgan fingerprint density at radius 2 is 2.12 bits per heavy atom. The number of aliphatic carboxylic acids is 1. The Kier molecular flexibility index (Phi) is 3.86. The molecule has 1 N–H and O–H groups in total. The molecule has 0 aliphatic rings. The van der Waals surface area contributed by atoms with Crippen molar-refractivity contribution in [1.29, 1.82) is 5.26 Å². The molecule has 0 saturated carbocycles. The van der Waals surface area contributed by atoms with Crippen molar-refractivity contribution in [1.82, 2.24) is 0 Å². The van der Waals surface area contributed by atoms with Gasteiger partial charge in [0.15, 0.2) is 9.84 Å². The Hall–Kier alpha value is -1.87. The molecule has 0 unspecified atom stereocenters. The maximum Gasteiger partial charge on any atom is 0.318 e. The van der Waals surface area contributed by atoms with Gasteiger partial charge in [-0.25, -0.2) is 8.42 Å². The van der Waals surface area contributed by atoms with Crippen LogP contribution in [0.1, 0.15) is 16.7 Å². The van der Waals surface area contributed by atoms with Gasteiger partial charge in [-0.05, 0) is 30.2 Å². The first-order valence-electron chi connectivity index (χ1n) is 4.76. The molecule has 1 aromatic rings. The first-order chi connectivity index (χ1) is 7.84. The van der Waals surface area contributed by atoms with Crippen molar-refractivity contribution in [2.24, 2.45) is 0 Å². The van der Waals surface area contributed by atoms with Gasteiger partial charge in [0.25, 0.3) is 0 Å². The molecule has 0 fully saturated rings. The van der Waals surface area contributed by atoms with Crippen molar-refractivity contribution in [3.8, 4) is 6.07 Å². The van der Waals surface area contributed by atoms with E-state index in [-0.39, 0.29) is 5.75 Å². The molecule has 6 heteroatoms. The first kappa shape index (κ1) is 13.2. The molecule has 0 heterocycles. The third-order valence-electron chi connectivity index (χ3n) is 2.19. The zero-order valence-corrected chi connectivity index (χ0v) is 9.99. The highest BCUT2D eigenvalue weighted by Crippen LogP contribution is 2.14. The summed E-state index contributed by atoms with van der Waals surface area (Å²) >= 11 is 0. The Morgan fingerprint density at radius 1 is 1.47 bits per heavy atom. The maximum atomic E-state index is 11.5. The summed E-state index contributed by atoms with van der Waals surface area (Å²) in [6.45, 7) is 1.69. The predicted molar refractivity (Wildman–Crippen MR) is 61.0 cm³/mol. The van der Waals surface area contributed by atoms with E-state index in [0.717, 1.165) is 0 Å². The van der Waals surface area contributed by atoms with Gasteiger partial charge in [0.05, 0.1) is 17.4 Å². The Labute approximate surface area is 99.2 Å². The number of hydrogen-bond acceptors (Lipinski definition) is 4. The lowest BCUT2D eigenvalue weighted by Crippen LogP contribution is -2.17. The molecule has 0 bridgehead atoms. The van der Waals surface area contributed by atoms with Crippen LogP contribution >= 0.6 is 0 Å². The lowest BCUT2D eigenvalue weighted by molar-refractivity contribution is -0.134. The summed E-state index contributed by atoms with van der Waals surface area (Å²) in [7, 11) is -3.66. The van der Waals surface area contributed by atoms with Crippen LogP contribution in [0, 0.1) is 18.3 Å². The number of carboxylic acids is 1. The monoisotopic (exact) mass is 253 g/mol. The summed E-state index contributed by atoms with van der Waals surface area (Å²) in [6, 6.07) is 6.57. The highest BCUT2D eigenvalue weighted by molar-refractivity contribution is 7.91. The van der Waals surface area contributed by atoms with E-state index in [2.05, 4.69) is 0 Å². The number of hydrogen-bond donors (Lipinski definition) is 1. The van der Waals surface area contributed by atoms with Crippen molar-refractivity contribution in [3.63, 3.8) is 0 Å². The van der Waals surface area contributed by atoms with Gasteiger partial charge in [-0.15, -0.1) is 0 Å². The van der Waals surface area contributed by atoms with Crippen molar-refractivity contribution in [3.05, 3.63) is 34.9 Å². The number of nitrogens with zero attached hydrogens (tertiary/aromatic N) is 1. The first-order valence-corrected chi connectivity index (χ1v) is 6.58. The summed E-state index contributed by atoms with van der Waals surface area (Å²) < 4.78 is 22.9. The number of aryl methyl sites for hydroxylation is 1. The van der Waals surface area contributed by atoms with Crippen LogP contribution in [-0.4, -0.2) is 25.2 Å². The van der Waals surface area contributed by atoms with Crippen molar-refractivity contribution >= 4 is 15.8 Å². The van der Waals surface area contributed by atoms with Gasteiger partial charge in [0, 0.05) is 0 Å². The molecule has 0 spiro atoms. The van der Waals surface area contributed by atoms with E-state index in [4.69, 9.17) is 10.4 Å². The van der Waals surface area contributed by atoms with E-state index in [1.54, 1.807) is 13.0 Å². The summed E-state index contributed by atoms with van der Waals surface area (Å²) in [5.41, 5.74) is 1.63. The lowest BCUT2D eigenvalue weighted by Gasteiger charge is -2.06. The van der Waals surface area contributed by atoms with E-state index in [1.165, 1.54) is 12.1 Å². The number of sulfone groups is 1. The van der Waals surface area contributed by atoms with Gasteiger partial charge >= 0.3 is 5.97 Å². The van der Waals surface area contributed by atoms with E-state index < -0.39 is 21.6 Å². The fourth-order valence-electron chi connectivity index (χ4n) is 1.40. The summed E-state index contributed by atoms with van der Waals surface area (Å²) in [6.07, 6.45) is 0. The summed E-state index contributed by atoms with van der Waals surface area (Å²) in [5.74, 6) is -2.57. The molecular weight excluding hydrogens is 242 g/mol. The molecule has 0 atom stereocenters. The number of carboxylic acid groups (broad SMARTS) is 1. The minimum Gasteiger partial charge on any atom is -0.480 e. The van der Waals surface area contributed by atoms with E-state index in [0.29, 0.717) is 16.7 Å². The molecule has 0 radical (unpaired) electrons. The highest BCUT2D eigenvalue weighted by atomic mass is 32.2. The molecule has 0 aromatic heterocycles. The van der Waals surface area contributed by atoms with E-state index >= 15 is 0 Å². The highest BCUT2D eigenvalue weighted by Gasteiger charge is 2.17. The normalized spacial score (nSPS) is 10.8. The molecule has 5 nitrogen and oxygen atoms in total. The van der Waals surface area contributed by atoms with Gasteiger partial charge in [0.1, 0.15) is 5.75 Å². The average molecular weight is 253 g/mol. The van der Waals surface area contributed by atoms with Gasteiger partial charge in [0.2, 0.25) is 0 Å². The topological polar surface area (TPSA) is 95.2 Å². The third-order valence-corrected chi connectivity index (χ3v) is 3.63. The smallest absolute Gasteiger partial charge is 0.318 e. The van der Waals surface area contributed by atoms with Crippen LogP contribution in [-0.2, 0) is 20.4 Å². The van der Waals surface area contributed by atoms with Crippen molar-refractivity contribution in [2.75, 3.05) is 5.75 Å². The van der Waals surface area contributed by atoms with Crippen LogP contribution in [0.5, 0.6) is 0 Å². The minimum atomic E-state index is -3.66. The maximum absolute atomic E-state index is 11.5. The van der Waals surface area contributed by atoms with Crippen LogP contribution in [0.15, 0.2) is 18.2 Å². The van der Waals surface area contributed by atoms with Crippen LogP contribution in [0.25, 0.3) is 0 Å². The third kappa shape index (κ3) is 3.89. The average Bonchev–Trinajstić information content (AvgIpc) is 2.18. The molecule has 1 rings (SSSR count). The number of rotatable bonds is 4. The standard InChI is InChI=1S/C11H11NO4S/c1-8-4-9(5-12)2-3-10(8)6-17(15,16)7-11(13)14/h2-4H,6-7H2,1H3,(H,13,14). The molecule has 0 aliphatic carbocycles. The largest absolute Gasteiger partial charge is 0.480 e. The molecule has 0 amide bonds.